The lowest BCUT2D eigenvalue weighted by Crippen LogP contribution is -2.13. The molecule has 0 aliphatic carbocycles. The molecule has 6 heteroatoms. The molecule has 0 radical (unpaired) electrons. The number of nitrogens with one attached hydrogen (secondary N) is 1. The van der Waals surface area contributed by atoms with E-state index in [0.717, 1.165) is 6.26 Å². The maximum Gasteiger partial charge on any atom is 0.255 e. The van der Waals surface area contributed by atoms with Crippen LogP contribution in [0, 0.1) is 0 Å². The van der Waals surface area contributed by atoms with Crippen LogP contribution < -0.4 is 5.32 Å². The summed E-state index contributed by atoms with van der Waals surface area (Å²) in [5.41, 5.74) is 0.733. The molecule has 0 saturated heterocycles. The highest BCUT2D eigenvalue weighted by Crippen LogP contribution is 2.21. The van der Waals surface area contributed by atoms with Gasteiger partial charge in [-0.3, -0.25) is 4.79 Å². The molecule has 1 N–H and O–H groups in total. The van der Waals surface area contributed by atoms with Gasteiger partial charge in [-0.15, -0.1) is 0 Å². The molecule has 0 aliphatic heterocycles. The van der Waals surface area contributed by atoms with E-state index in [1.165, 1.54) is 18.2 Å². The van der Waals surface area contributed by atoms with Crippen molar-refractivity contribution in [3.8, 4) is 0 Å². The van der Waals surface area contributed by atoms with Gasteiger partial charge in [0.05, 0.1) is 15.6 Å². The lowest BCUT2D eigenvalue weighted by molar-refractivity contribution is 0.102. The summed E-state index contributed by atoms with van der Waals surface area (Å²) in [6, 6.07) is 12.7. The number of para-hydroxylation sites is 1. The van der Waals surface area contributed by atoms with Crippen LogP contribution in [0.15, 0.2) is 53.4 Å². The van der Waals surface area contributed by atoms with E-state index in [0.29, 0.717) is 10.7 Å². The van der Waals surface area contributed by atoms with Gasteiger partial charge in [0.25, 0.3) is 5.91 Å². The van der Waals surface area contributed by atoms with Crippen LogP contribution in [0.3, 0.4) is 0 Å². The van der Waals surface area contributed by atoms with Crippen LogP contribution in [0.4, 0.5) is 5.69 Å². The highest BCUT2D eigenvalue weighted by molar-refractivity contribution is 7.90. The fourth-order valence-corrected chi connectivity index (χ4v) is 2.47. The number of hydrogen-bond acceptors (Lipinski definition) is 3. The van der Waals surface area contributed by atoms with Gasteiger partial charge in [0.2, 0.25) is 0 Å². The van der Waals surface area contributed by atoms with E-state index in [-0.39, 0.29) is 10.5 Å². The molecule has 20 heavy (non-hydrogen) atoms. The van der Waals surface area contributed by atoms with Gasteiger partial charge in [0.1, 0.15) is 0 Å². The highest BCUT2D eigenvalue weighted by atomic mass is 35.5. The molecule has 0 bridgehead atoms. The molecule has 104 valence electrons. The second-order valence-corrected chi connectivity index (χ2v) is 6.66. The zero-order valence-corrected chi connectivity index (χ0v) is 12.2. The molecule has 0 aromatic heterocycles. The fourth-order valence-electron chi connectivity index (χ4n) is 1.63. The molecular weight excluding hydrogens is 298 g/mol. The first-order chi connectivity index (χ1) is 9.38. The Morgan fingerprint density at radius 1 is 1.10 bits per heavy atom. The highest BCUT2D eigenvalue weighted by Gasteiger charge is 2.12. The maximum absolute atomic E-state index is 12.1. The number of carbonyl (C=O) groups is 1. The van der Waals surface area contributed by atoms with E-state index in [1.807, 2.05) is 0 Å². The Kier molecular flexibility index (Phi) is 4.11. The van der Waals surface area contributed by atoms with Gasteiger partial charge in [-0.05, 0) is 30.3 Å². The lowest BCUT2D eigenvalue weighted by Gasteiger charge is -2.07. The summed E-state index contributed by atoms with van der Waals surface area (Å²) in [6.45, 7) is 0. The molecule has 0 atom stereocenters. The third-order valence-electron chi connectivity index (χ3n) is 2.65. The number of benzene rings is 2. The van der Waals surface area contributed by atoms with Gasteiger partial charge < -0.3 is 5.32 Å². The number of sulfone groups is 1. The molecule has 2 aromatic carbocycles. The van der Waals surface area contributed by atoms with Crippen molar-refractivity contribution < 1.29 is 13.2 Å². The van der Waals surface area contributed by atoms with Gasteiger partial charge in [-0.1, -0.05) is 29.8 Å². The third kappa shape index (κ3) is 3.37. The summed E-state index contributed by atoms with van der Waals surface area (Å²) in [5.74, 6) is -0.413. The molecule has 4 nitrogen and oxygen atoms in total. The minimum Gasteiger partial charge on any atom is -0.321 e. The Bertz CT molecular complexity index is 757. The van der Waals surface area contributed by atoms with Crippen LogP contribution in [0.5, 0.6) is 0 Å². The Labute approximate surface area is 122 Å². The summed E-state index contributed by atoms with van der Waals surface area (Å²) < 4.78 is 22.9. The number of halogens is 1. The van der Waals surface area contributed by atoms with Crippen molar-refractivity contribution in [2.24, 2.45) is 0 Å². The minimum atomic E-state index is -3.35. The number of carbonyl (C=O) groups excluding carboxylic acids is 1. The van der Waals surface area contributed by atoms with E-state index in [4.69, 9.17) is 11.6 Å². The second kappa shape index (κ2) is 5.64. The van der Waals surface area contributed by atoms with Crippen LogP contribution in [-0.4, -0.2) is 20.6 Å². The van der Waals surface area contributed by atoms with Crippen molar-refractivity contribution in [1.82, 2.24) is 0 Å². The predicted octanol–water partition coefficient (Wildman–Crippen LogP) is 3.00. The first-order valence-corrected chi connectivity index (χ1v) is 8.01. The largest absolute Gasteiger partial charge is 0.321 e. The zero-order chi connectivity index (χ0) is 14.8. The topological polar surface area (TPSA) is 63.2 Å². The maximum atomic E-state index is 12.1. The molecule has 0 aliphatic rings. The molecule has 2 rings (SSSR count). The number of anilines is 1. The van der Waals surface area contributed by atoms with Crippen LogP contribution in [-0.2, 0) is 9.84 Å². The Balaban J connectivity index is 2.29. The minimum absolute atomic E-state index is 0.101. The van der Waals surface area contributed by atoms with E-state index >= 15 is 0 Å². The fraction of sp³-hybridized carbons (Fsp3) is 0.0714. The molecule has 0 fully saturated rings. The van der Waals surface area contributed by atoms with Crippen molar-refractivity contribution in [3.05, 3.63) is 59.1 Å². The average Bonchev–Trinajstić information content (AvgIpc) is 2.40. The molecular formula is C14H12ClNO3S. The van der Waals surface area contributed by atoms with Crippen molar-refractivity contribution in [2.45, 2.75) is 4.90 Å². The predicted molar refractivity (Wildman–Crippen MR) is 79.0 cm³/mol. The quantitative estimate of drug-likeness (QED) is 0.948. The van der Waals surface area contributed by atoms with E-state index in [2.05, 4.69) is 5.32 Å². The summed E-state index contributed by atoms with van der Waals surface area (Å²) in [5, 5.41) is 3.06. The second-order valence-electron chi connectivity index (χ2n) is 4.23. The lowest BCUT2D eigenvalue weighted by atomic mass is 10.2. The Morgan fingerprint density at radius 2 is 1.80 bits per heavy atom. The van der Waals surface area contributed by atoms with Crippen LogP contribution in [0.1, 0.15) is 10.4 Å². The molecule has 1 amide bonds. The number of rotatable bonds is 3. The van der Waals surface area contributed by atoms with Crippen molar-refractivity contribution in [1.29, 1.82) is 0 Å². The monoisotopic (exact) mass is 309 g/mol. The summed E-state index contributed by atoms with van der Waals surface area (Å²) in [4.78, 5) is 12.2. The first kappa shape index (κ1) is 14.6. The van der Waals surface area contributed by atoms with E-state index in [9.17, 15) is 13.2 Å². The van der Waals surface area contributed by atoms with Crippen molar-refractivity contribution in [2.75, 3.05) is 11.6 Å². The molecule has 0 spiro atoms. The zero-order valence-electron chi connectivity index (χ0n) is 10.6. The summed E-state index contributed by atoms with van der Waals surface area (Å²) >= 11 is 5.95. The van der Waals surface area contributed by atoms with Crippen LogP contribution >= 0.6 is 11.6 Å². The van der Waals surface area contributed by atoms with Crippen LogP contribution in [0.2, 0.25) is 5.02 Å². The average molecular weight is 310 g/mol. The smallest absolute Gasteiger partial charge is 0.255 e. The molecule has 0 heterocycles. The van der Waals surface area contributed by atoms with Gasteiger partial charge >= 0.3 is 0 Å². The normalized spacial score (nSPS) is 11.1. The Hall–Kier alpha value is -1.85. The Morgan fingerprint density at radius 3 is 2.45 bits per heavy atom. The van der Waals surface area contributed by atoms with Crippen LogP contribution in [0.25, 0.3) is 0 Å². The number of amides is 1. The standard InChI is InChI=1S/C14H12ClNO3S/c1-20(18,19)11-6-4-5-10(9-11)14(17)16-13-8-3-2-7-12(13)15/h2-9H,1H3,(H,16,17). The first-order valence-electron chi connectivity index (χ1n) is 5.74. The van der Waals surface area contributed by atoms with Gasteiger partial charge in [-0.25, -0.2) is 8.42 Å². The summed E-state index contributed by atoms with van der Waals surface area (Å²) in [6.07, 6.45) is 1.10. The van der Waals surface area contributed by atoms with E-state index in [1.54, 1.807) is 30.3 Å². The van der Waals surface area contributed by atoms with Gasteiger partial charge in [-0.2, -0.15) is 0 Å². The van der Waals surface area contributed by atoms with E-state index < -0.39 is 15.7 Å². The molecule has 0 saturated carbocycles. The molecule has 0 unspecified atom stereocenters. The van der Waals surface area contributed by atoms with Crippen molar-refractivity contribution >= 4 is 33.0 Å². The summed E-state index contributed by atoms with van der Waals surface area (Å²) in [7, 11) is -3.35. The third-order valence-corrected chi connectivity index (χ3v) is 4.09. The molecule has 2 aromatic rings. The number of hydrogen-bond donors (Lipinski definition) is 1. The van der Waals surface area contributed by atoms with Crippen molar-refractivity contribution in [3.63, 3.8) is 0 Å². The SMILES string of the molecule is CS(=O)(=O)c1cccc(C(=O)Nc2ccccc2Cl)c1. The van der Waals surface area contributed by atoms with Gasteiger partial charge in [0, 0.05) is 11.8 Å². The van der Waals surface area contributed by atoms with Gasteiger partial charge in [0.15, 0.2) is 9.84 Å².